The van der Waals surface area contributed by atoms with Crippen LogP contribution in [0.4, 0.5) is 9.59 Å². The predicted octanol–water partition coefficient (Wildman–Crippen LogP) is 9.43. The first kappa shape index (κ1) is 37.2. The Kier molecular flexibility index (Phi) is 10.1. The Bertz CT molecular complexity index is 2180. The molecule has 12 heteroatoms. The Hall–Kier alpha value is -5.10. The van der Waals surface area contributed by atoms with Crippen molar-refractivity contribution in [2.45, 2.75) is 98.1 Å². The van der Waals surface area contributed by atoms with E-state index in [1.165, 1.54) is 10.8 Å². The van der Waals surface area contributed by atoms with E-state index in [9.17, 15) is 14.7 Å². The van der Waals surface area contributed by atoms with Gasteiger partial charge in [0.25, 0.3) is 0 Å². The van der Waals surface area contributed by atoms with E-state index in [0.717, 1.165) is 80.6 Å². The molecule has 5 heterocycles. The van der Waals surface area contributed by atoms with Crippen molar-refractivity contribution in [2.75, 3.05) is 20.3 Å². The number of hydrogen-bond acceptors (Lipinski definition) is 7. The van der Waals surface area contributed by atoms with Gasteiger partial charge >= 0.3 is 12.2 Å². The lowest BCUT2D eigenvalue weighted by Gasteiger charge is -2.27. The average Bonchev–Trinajstić information content (AvgIpc) is 3.91. The summed E-state index contributed by atoms with van der Waals surface area (Å²) in [5, 5.41) is 11.8. The highest BCUT2D eigenvalue weighted by Crippen LogP contribution is 2.44. The van der Waals surface area contributed by atoms with Crippen molar-refractivity contribution in [1.29, 1.82) is 0 Å². The van der Waals surface area contributed by atoms with Crippen molar-refractivity contribution in [1.82, 2.24) is 29.7 Å². The van der Waals surface area contributed by atoms with Gasteiger partial charge in [-0.2, -0.15) is 0 Å². The number of likely N-dealkylation sites (tertiary alicyclic amines) is 2. The Balaban J connectivity index is 0.00000107. The van der Waals surface area contributed by atoms with Gasteiger partial charge in [0, 0.05) is 36.6 Å². The highest BCUT2D eigenvalue weighted by molar-refractivity contribution is 6.07. The van der Waals surface area contributed by atoms with Gasteiger partial charge in [-0.1, -0.05) is 39.0 Å². The minimum absolute atomic E-state index is 0.0369. The number of aromatic amines is 2. The van der Waals surface area contributed by atoms with Crippen LogP contribution < -0.4 is 4.74 Å². The zero-order valence-electron chi connectivity index (χ0n) is 32.4. The number of imidazole rings is 2. The molecule has 0 bridgehead atoms. The molecular formula is C42H51N6O6. The van der Waals surface area contributed by atoms with Crippen LogP contribution in [0, 0.1) is 11.8 Å². The van der Waals surface area contributed by atoms with Gasteiger partial charge in [0.1, 0.15) is 29.6 Å². The molecule has 2 saturated heterocycles. The molecule has 12 nitrogen and oxygen atoms in total. The second-order valence-electron chi connectivity index (χ2n) is 16.3. The van der Waals surface area contributed by atoms with Crippen molar-refractivity contribution in [3.05, 3.63) is 71.8 Å². The van der Waals surface area contributed by atoms with E-state index in [1.807, 2.05) is 33.8 Å². The van der Waals surface area contributed by atoms with Crippen molar-refractivity contribution in [2.24, 2.45) is 5.92 Å². The minimum Gasteiger partial charge on any atom is -0.488 e. The SMILES string of the molecule is COC[C@H]1C[C@@H](c2nc3ccc4cc5c(cc4c3[nH]2)OCc2cc(-c3cnc([C@@H]4CCC(C)N4C(=O)O)[nH]3)ccc2-5)N(C(=O)OC(C)(C)C)C1.C[C](C)C. The topological polar surface area (TPSA) is 146 Å². The monoisotopic (exact) mass is 735 g/mol. The summed E-state index contributed by atoms with van der Waals surface area (Å²) in [5.74, 6) is 3.79. The van der Waals surface area contributed by atoms with Crippen LogP contribution in [-0.2, 0) is 16.1 Å². The first-order valence-corrected chi connectivity index (χ1v) is 18.7. The standard InChI is InChI=1S/C38H42N6O6.C4H9/c1-20-6-11-30(44(20)36(45)46)34-39-16-29(41-34)23-7-9-25-24(13-23)19-49-32-15-26-22(14-27(25)32)8-10-28-33(26)42-35(40-28)31-12-21(18-48-5)17-43(31)37(47)50-38(2,3)4;1-4(2)3/h7-10,13-16,20-21,30-31H,6,11-12,17-19H2,1-5H3,(H,39,41)(H,40,42)(H,45,46);1-3H3/t20?,21-,30-,31-;/m0./s1. The number of benzene rings is 3. The molecule has 0 aliphatic carbocycles. The molecule has 3 aliphatic rings. The zero-order valence-corrected chi connectivity index (χ0v) is 32.4. The lowest BCUT2D eigenvalue weighted by atomic mass is 9.92. The maximum absolute atomic E-state index is 13.3. The normalized spacial score (nSPS) is 20.8. The van der Waals surface area contributed by atoms with E-state index in [2.05, 4.69) is 72.1 Å². The number of nitrogens with one attached hydrogen (secondary N) is 2. The molecule has 0 saturated carbocycles. The Labute approximate surface area is 316 Å². The summed E-state index contributed by atoms with van der Waals surface area (Å²) in [4.78, 5) is 44.9. The van der Waals surface area contributed by atoms with Crippen LogP contribution in [-0.4, -0.2) is 78.9 Å². The van der Waals surface area contributed by atoms with E-state index in [4.69, 9.17) is 19.2 Å². The number of amides is 2. The molecule has 3 aromatic carbocycles. The van der Waals surface area contributed by atoms with Crippen molar-refractivity contribution in [3.63, 3.8) is 0 Å². The number of fused-ring (bicyclic) bond motifs is 6. The Morgan fingerprint density at radius 1 is 1.00 bits per heavy atom. The highest BCUT2D eigenvalue weighted by atomic mass is 16.6. The lowest BCUT2D eigenvalue weighted by Crippen LogP contribution is -2.37. The highest BCUT2D eigenvalue weighted by Gasteiger charge is 2.40. The number of ether oxygens (including phenoxy) is 3. The maximum Gasteiger partial charge on any atom is 0.410 e. The molecule has 1 unspecified atom stereocenters. The summed E-state index contributed by atoms with van der Waals surface area (Å²) in [6.45, 7) is 15.3. The number of rotatable bonds is 5. The van der Waals surface area contributed by atoms with Gasteiger partial charge in [0.2, 0.25) is 0 Å². The van der Waals surface area contributed by atoms with Gasteiger partial charge in [-0.25, -0.2) is 19.6 Å². The molecule has 1 radical (unpaired) electrons. The average molecular weight is 736 g/mol. The number of carboxylic acid groups (broad SMARTS) is 1. The van der Waals surface area contributed by atoms with Crippen LogP contribution in [0.25, 0.3) is 44.2 Å². The van der Waals surface area contributed by atoms with Gasteiger partial charge in [0.05, 0.1) is 41.6 Å². The third-order valence-corrected chi connectivity index (χ3v) is 10.2. The molecule has 2 amide bonds. The van der Waals surface area contributed by atoms with E-state index >= 15 is 0 Å². The van der Waals surface area contributed by atoms with Crippen LogP contribution in [0.15, 0.2) is 48.7 Å². The fraction of sp³-hybridized carbons (Fsp3) is 0.452. The summed E-state index contributed by atoms with van der Waals surface area (Å²) in [6.07, 6.45) is 2.80. The zero-order chi connectivity index (χ0) is 38.5. The molecule has 54 heavy (non-hydrogen) atoms. The quantitative estimate of drug-likeness (QED) is 0.162. The number of carbonyl (C=O) groups excluding carboxylic acids is 1. The van der Waals surface area contributed by atoms with Gasteiger partial charge in [-0.05, 0) is 99.2 Å². The molecule has 8 rings (SSSR count). The molecule has 2 aromatic heterocycles. The maximum atomic E-state index is 13.3. The fourth-order valence-electron chi connectivity index (χ4n) is 7.93. The fourth-order valence-corrected chi connectivity index (χ4v) is 7.93. The summed E-state index contributed by atoms with van der Waals surface area (Å²) < 4.78 is 17.6. The number of methoxy groups -OCH3 is 1. The number of hydrogen-bond donors (Lipinski definition) is 3. The van der Waals surface area contributed by atoms with Crippen LogP contribution in [0.5, 0.6) is 5.75 Å². The summed E-state index contributed by atoms with van der Waals surface area (Å²) in [7, 11) is 1.68. The van der Waals surface area contributed by atoms with Gasteiger partial charge in [-0.3, -0.25) is 9.80 Å². The van der Waals surface area contributed by atoms with Crippen LogP contribution >= 0.6 is 0 Å². The second-order valence-corrected chi connectivity index (χ2v) is 16.3. The summed E-state index contributed by atoms with van der Waals surface area (Å²) in [6, 6.07) is 14.1. The first-order valence-electron chi connectivity index (χ1n) is 18.7. The molecule has 0 spiro atoms. The van der Waals surface area contributed by atoms with Crippen molar-refractivity contribution >= 4 is 34.0 Å². The second kappa shape index (κ2) is 14.6. The molecule has 2 fully saturated rings. The largest absolute Gasteiger partial charge is 0.488 e. The number of H-pyrrole nitrogens is 2. The molecule has 3 aliphatic heterocycles. The minimum atomic E-state index is -0.918. The lowest BCUT2D eigenvalue weighted by molar-refractivity contribution is 0.0208. The predicted molar refractivity (Wildman–Crippen MR) is 208 cm³/mol. The van der Waals surface area contributed by atoms with Gasteiger partial charge in [-0.15, -0.1) is 0 Å². The summed E-state index contributed by atoms with van der Waals surface area (Å²) >= 11 is 0. The van der Waals surface area contributed by atoms with Crippen LogP contribution in [0.3, 0.4) is 0 Å². The summed E-state index contributed by atoms with van der Waals surface area (Å²) in [5.41, 5.74) is 6.11. The van der Waals surface area contributed by atoms with Gasteiger partial charge in [0.15, 0.2) is 0 Å². The van der Waals surface area contributed by atoms with Crippen molar-refractivity contribution < 1.29 is 28.9 Å². The van der Waals surface area contributed by atoms with E-state index in [1.54, 1.807) is 18.2 Å². The third-order valence-electron chi connectivity index (χ3n) is 10.2. The van der Waals surface area contributed by atoms with Crippen LogP contribution in [0.2, 0.25) is 0 Å². The third kappa shape index (κ3) is 7.36. The number of nitrogens with zero attached hydrogens (tertiary/aromatic N) is 4. The number of carbonyl (C=O) groups is 2. The van der Waals surface area contributed by atoms with E-state index in [-0.39, 0.29) is 30.1 Å². The van der Waals surface area contributed by atoms with Crippen molar-refractivity contribution in [3.8, 4) is 28.1 Å². The molecule has 3 N–H and O–H groups in total. The van der Waals surface area contributed by atoms with E-state index in [0.29, 0.717) is 25.6 Å². The molecular weight excluding hydrogens is 684 g/mol. The Morgan fingerprint density at radius 3 is 2.50 bits per heavy atom. The molecule has 285 valence electrons. The molecule has 4 atom stereocenters. The molecule has 5 aromatic rings. The van der Waals surface area contributed by atoms with Gasteiger partial charge < -0.3 is 29.3 Å². The first-order chi connectivity index (χ1) is 25.7. The van der Waals surface area contributed by atoms with E-state index < -0.39 is 11.7 Å². The van der Waals surface area contributed by atoms with Crippen LogP contribution in [0.1, 0.15) is 97.0 Å². The number of aromatic nitrogens is 4. The smallest absolute Gasteiger partial charge is 0.410 e. The Morgan fingerprint density at radius 2 is 1.78 bits per heavy atom.